The summed E-state index contributed by atoms with van der Waals surface area (Å²) in [5.74, 6) is 1.17. The van der Waals surface area contributed by atoms with E-state index in [9.17, 15) is 10.1 Å². The number of amides is 1. The average molecular weight is 512 g/mol. The molecule has 1 atom stereocenters. The molecule has 1 spiro atoms. The Labute approximate surface area is 222 Å². The van der Waals surface area contributed by atoms with Crippen molar-refractivity contribution in [2.45, 2.75) is 32.2 Å². The molecule has 9 heteroatoms. The van der Waals surface area contributed by atoms with Crippen LogP contribution >= 0.6 is 0 Å². The van der Waals surface area contributed by atoms with Gasteiger partial charge in [0.05, 0.1) is 11.7 Å². The Morgan fingerprint density at radius 2 is 2.18 bits per heavy atom. The number of H-pyrrole nitrogens is 1. The monoisotopic (exact) mass is 511 g/mol. The lowest BCUT2D eigenvalue weighted by molar-refractivity contribution is -0.136. The molecule has 0 radical (unpaired) electrons. The molecule has 196 valence electrons. The lowest BCUT2D eigenvalue weighted by Crippen LogP contribution is -2.59. The van der Waals surface area contributed by atoms with Crippen molar-refractivity contribution in [2.75, 3.05) is 51.3 Å². The SMILES string of the molecule is C=CC(=O)N1CC2(CCN(c3nc(OC[C@@H]4CCCN4C)cc(-c4c(C)ccc5[nH]ncc45)c3C#N)C2)C1. The molecular weight excluding hydrogens is 478 g/mol. The number of hydrogen-bond acceptors (Lipinski definition) is 7. The van der Waals surface area contributed by atoms with E-state index in [1.807, 2.05) is 23.2 Å². The van der Waals surface area contributed by atoms with Crippen molar-refractivity contribution in [1.29, 1.82) is 5.26 Å². The van der Waals surface area contributed by atoms with Crippen LogP contribution in [-0.4, -0.2) is 83.3 Å². The standard InChI is InChI=1S/C29H33N7O2/c1-4-26(37)36-17-29(18-36)9-11-35(16-29)28-22(13-30)21(27-19(2)7-8-24-23(27)14-31-33-24)12-25(32-28)38-15-20-6-5-10-34(20)3/h4,7-8,12,14,20H,1,5-6,9-11,15-18H2,2-3H3,(H,31,33)/t20-/m0/s1. The van der Waals surface area contributed by atoms with Crippen molar-refractivity contribution in [2.24, 2.45) is 5.41 Å². The summed E-state index contributed by atoms with van der Waals surface area (Å²) in [5, 5.41) is 18.7. The van der Waals surface area contributed by atoms with Gasteiger partial charge in [0.1, 0.15) is 18.2 Å². The van der Waals surface area contributed by atoms with E-state index in [4.69, 9.17) is 9.72 Å². The van der Waals surface area contributed by atoms with Gasteiger partial charge in [0, 0.05) is 54.7 Å². The zero-order valence-electron chi connectivity index (χ0n) is 22.0. The predicted octanol–water partition coefficient (Wildman–Crippen LogP) is 3.50. The van der Waals surface area contributed by atoms with Gasteiger partial charge in [-0.25, -0.2) is 0 Å². The highest BCUT2D eigenvalue weighted by Crippen LogP contribution is 2.44. The molecular formula is C29H33N7O2. The van der Waals surface area contributed by atoms with Gasteiger partial charge >= 0.3 is 0 Å². The number of carbonyl (C=O) groups is 1. The molecule has 3 aromatic rings. The molecule has 1 amide bonds. The number of nitriles is 1. The van der Waals surface area contributed by atoms with E-state index in [-0.39, 0.29) is 11.3 Å². The maximum atomic E-state index is 12.1. The summed E-state index contributed by atoms with van der Waals surface area (Å²) in [4.78, 5) is 23.4. The van der Waals surface area contributed by atoms with Crippen molar-refractivity contribution < 1.29 is 9.53 Å². The fourth-order valence-electron chi connectivity index (χ4n) is 6.40. The Balaban J connectivity index is 1.39. The van der Waals surface area contributed by atoms with Crippen LogP contribution in [0.1, 0.15) is 30.4 Å². The van der Waals surface area contributed by atoms with Gasteiger partial charge in [-0.1, -0.05) is 12.6 Å². The largest absolute Gasteiger partial charge is 0.476 e. The maximum Gasteiger partial charge on any atom is 0.245 e. The number of hydrogen-bond donors (Lipinski definition) is 1. The first-order valence-corrected chi connectivity index (χ1v) is 13.3. The third kappa shape index (κ3) is 4.09. The van der Waals surface area contributed by atoms with Crippen molar-refractivity contribution in [1.82, 2.24) is 25.0 Å². The Morgan fingerprint density at radius 3 is 2.92 bits per heavy atom. The first-order chi connectivity index (χ1) is 18.4. The molecule has 9 nitrogen and oxygen atoms in total. The Hall–Kier alpha value is -3.90. The first kappa shape index (κ1) is 24.4. The fourth-order valence-corrected chi connectivity index (χ4v) is 6.40. The number of benzene rings is 1. The minimum Gasteiger partial charge on any atom is -0.476 e. The van der Waals surface area contributed by atoms with Gasteiger partial charge < -0.3 is 19.4 Å². The number of fused-ring (bicyclic) bond motifs is 1. The second-order valence-electron chi connectivity index (χ2n) is 11.1. The molecule has 0 unspecified atom stereocenters. The summed E-state index contributed by atoms with van der Waals surface area (Å²) >= 11 is 0. The molecule has 5 heterocycles. The van der Waals surface area contributed by atoms with Crippen molar-refractivity contribution in [3.8, 4) is 23.1 Å². The van der Waals surface area contributed by atoms with Crippen LogP contribution in [0.2, 0.25) is 0 Å². The van der Waals surface area contributed by atoms with Gasteiger partial charge in [-0.3, -0.25) is 9.89 Å². The zero-order valence-corrected chi connectivity index (χ0v) is 22.0. The lowest BCUT2D eigenvalue weighted by atomic mass is 9.79. The fraction of sp³-hybridized carbons (Fsp3) is 0.448. The number of pyridine rings is 1. The minimum atomic E-state index is -0.0249. The van der Waals surface area contributed by atoms with Crippen LogP contribution in [0.4, 0.5) is 5.82 Å². The van der Waals surface area contributed by atoms with Crippen LogP contribution in [0.25, 0.3) is 22.0 Å². The summed E-state index contributed by atoms with van der Waals surface area (Å²) in [5.41, 5.74) is 4.34. The minimum absolute atomic E-state index is 0.0249. The first-order valence-electron chi connectivity index (χ1n) is 13.3. The molecule has 1 N–H and O–H groups in total. The number of rotatable bonds is 6. The highest BCUT2D eigenvalue weighted by atomic mass is 16.5. The summed E-state index contributed by atoms with van der Waals surface area (Å²) in [6.45, 7) is 10.3. The predicted molar refractivity (Wildman–Crippen MR) is 146 cm³/mol. The number of ether oxygens (including phenoxy) is 1. The van der Waals surface area contributed by atoms with Gasteiger partial charge in [0.15, 0.2) is 5.82 Å². The summed E-state index contributed by atoms with van der Waals surface area (Å²) < 4.78 is 6.33. The Bertz CT molecular complexity index is 1450. The van der Waals surface area contributed by atoms with Crippen LogP contribution in [-0.2, 0) is 4.79 Å². The summed E-state index contributed by atoms with van der Waals surface area (Å²) in [6.07, 6.45) is 6.42. The van der Waals surface area contributed by atoms with Gasteiger partial charge in [-0.05, 0) is 63.0 Å². The van der Waals surface area contributed by atoms with Gasteiger partial charge in [0.2, 0.25) is 11.8 Å². The Morgan fingerprint density at radius 1 is 1.34 bits per heavy atom. The molecule has 0 bridgehead atoms. The van der Waals surface area contributed by atoms with Crippen LogP contribution in [0.3, 0.4) is 0 Å². The van der Waals surface area contributed by atoms with E-state index < -0.39 is 0 Å². The van der Waals surface area contributed by atoms with E-state index in [1.54, 1.807) is 0 Å². The molecule has 3 aliphatic rings. The van der Waals surface area contributed by atoms with E-state index >= 15 is 0 Å². The number of likely N-dealkylation sites (tertiary alicyclic amines) is 2. The van der Waals surface area contributed by atoms with Crippen molar-refractivity contribution in [3.05, 3.63) is 48.2 Å². The van der Waals surface area contributed by atoms with Crippen molar-refractivity contribution >= 4 is 22.6 Å². The maximum absolute atomic E-state index is 12.1. The van der Waals surface area contributed by atoms with Gasteiger partial charge in [-0.2, -0.15) is 15.3 Å². The molecule has 2 aromatic heterocycles. The quantitative estimate of drug-likeness (QED) is 0.506. The number of aromatic nitrogens is 3. The van der Waals surface area contributed by atoms with E-state index in [0.29, 0.717) is 43.0 Å². The molecule has 0 aliphatic carbocycles. The smallest absolute Gasteiger partial charge is 0.245 e. The number of aromatic amines is 1. The van der Waals surface area contributed by atoms with E-state index in [1.165, 1.54) is 12.5 Å². The third-order valence-electron chi connectivity index (χ3n) is 8.56. The number of likely N-dealkylation sites (N-methyl/N-ethyl adjacent to an activating group) is 1. The van der Waals surface area contributed by atoms with E-state index in [2.05, 4.69) is 52.7 Å². The second-order valence-corrected chi connectivity index (χ2v) is 11.1. The van der Waals surface area contributed by atoms with Crippen LogP contribution in [0.15, 0.2) is 37.1 Å². The molecule has 1 aromatic carbocycles. The van der Waals surface area contributed by atoms with Crippen LogP contribution in [0.5, 0.6) is 5.88 Å². The highest BCUT2D eigenvalue weighted by Gasteiger charge is 2.49. The average Bonchev–Trinajstić information content (AvgIpc) is 3.65. The molecule has 0 saturated carbocycles. The number of aryl methyl sites for hydroxylation is 1. The summed E-state index contributed by atoms with van der Waals surface area (Å²) in [6, 6.07) is 8.82. The summed E-state index contributed by atoms with van der Waals surface area (Å²) in [7, 11) is 2.13. The highest BCUT2D eigenvalue weighted by molar-refractivity contribution is 5.98. The van der Waals surface area contributed by atoms with E-state index in [0.717, 1.165) is 60.1 Å². The molecule has 38 heavy (non-hydrogen) atoms. The van der Waals surface area contributed by atoms with Crippen molar-refractivity contribution in [3.63, 3.8) is 0 Å². The molecule has 3 saturated heterocycles. The second kappa shape index (κ2) is 9.44. The molecule has 3 fully saturated rings. The third-order valence-corrected chi connectivity index (χ3v) is 8.56. The Kier molecular flexibility index (Phi) is 6.07. The number of carbonyl (C=O) groups excluding carboxylic acids is 1. The number of anilines is 1. The zero-order chi connectivity index (χ0) is 26.4. The molecule has 3 aliphatic heterocycles. The van der Waals surface area contributed by atoms with Crippen LogP contribution < -0.4 is 9.64 Å². The van der Waals surface area contributed by atoms with Crippen LogP contribution in [0, 0.1) is 23.7 Å². The number of nitrogens with one attached hydrogen (secondary N) is 1. The normalized spacial score (nSPS) is 20.6. The topological polar surface area (TPSA) is 101 Å². The molecule has 6 rings (SSSR count). The van der Waals surface area contributed by atoms with Gasteiger partial charge in [-0.15, -0.1) is 0 Å². The lowest BCUT2D eigenvalue weighted by Gasteiger charge is -2.47. The number of nitrogens with zero attached hydrogens (tertiary/aromatic N) is 6. The van der Waals surface area contributed by atoms with Gasteiger partial charge in [0.25, 0.3) is 0 Å².